The molecule has 0 aliphatic carbocycles. The summed E-state index contributed by atoms with van der Waals surface area (Å²) < 4.78 is 0. The molecule has 0 saturated heterocycles. The molecule has 0 heterocycles. The van der Waals surface area contributed by atoms with Crippen molar-refractivity contribution in [1.82, 2.24) is 0 Å². The van der Waals surface area contributed by atoms with E-state index in [0.717, 1.165) is 11.8 Å². The van der Waals surface area contributed by atoms with Crippen molar-refractivity contribution in [3.05, 3.63) is 42.0 Å². The smallest absolute Gasteiger partial charge is 0.116 e. The van der Waals surface area contributed by atoms with Crippen molar-refractivity contribution < 1.29 is 5.11 Å². The number of aromatic hydroxyl groups is 1. The largest absolute Gasteiger partial charge is 0.508 e. The average molecular weight is 186 g/mol. The van der Waals surface area contributed by atoms with E-state index in [1.54, 1.807) is 12.1 Å². The fourth-order valence-electron chi connectivity index (χ4n) is 1.73. The number of phenols is 1. The molecule has 0 fully saturated rings. The van der Waals surface area contributed by atoms with Gasteiger partial charge in [0.05, 0.1) is 0 Å². The van der Waals surface area contributed by atoms with Gasteiger partial charge in [-0.2, -0.15) is 0 Å². The van der Waals surface area contributed by atoms with Crippen molar-refractivity contribution in [3.63, 3.8) is 0 Å². The summed E-state index contributed by atoms with van der Waals surface area (Å²) in [4.78, 5) is 0. The molecule has 2 rings (SSSR count). The van der Waals surface area contributed by atoms with Crippen LogP contribution in [0.2, 0.25) is 0 Å². The molecule has 0 aliphatic rings. The quantitative estimate of drug-likeness (QED) is 0.761. The van der Waals surface area contributed by atoms with E-state index in [4.69, 9.17) is 0 Å². The third kappa shape index (κ3) is 1.72. The summed E-state index contributed by atoms with van der Waals surface area (Å²) >= 11 is 0. The predicted molar refractivity (Wildman–Crippen MR) is 59.6 cm³/mol. The van der Waals surface area contributed by atoms with E-state index >= 15 is 0 Å². The third-order valence-electron chi connectivity index (χ3n) is 2.43. The molecule has 0 bridgehead atoms. The summed E-state index contributed by atoms with van der Waals surface area (Å²) in [5, 5.41) is 11.6. The Balaban J connectivity index is 2.50. The molecule has 1 nitrogen and oxygen atoms in total. The predicted octanol–water partition coefficient (Wildman–Crippen LogP) is 3.50. The van der Waals surface area contributed by atoms with Crippen molar-refractivity contribution >= 4 is 10.8 Å². The molecular weight excluding hydrogens is 172 g/mol. The van der Waals surface area contributed by atoms with Gasteiger partial charge in [0.25, 0.3) is 0 Å². The molecule has 0 amide bonds. The Kier molecular flexibility index (Phi) is 2.40. The molecule has 72 valence electrons. The molecule has 0 aliphatic heterocycles. The number of aryl methyl sites for hydroxylation is 1. The number of hydrogen-bond donors (Lipinski definition) is 1. The topological polar surface area (TPSA) is 20.2 Å². The van der Waals surface area contributed by atoms with Gasteiger partial charge in [-0.25, -0.2) is 0 Å². The second kappa shape index (κ2) is 3.70. The van der Waals surface area contributed by atoms with Gasteiger partial charge in [0.2, 0.25) is 0 Å². The molecule has 0 aromatic heterocycles. The lowest BCUT2D eigenvalue weighted by molar-refractivity contribution is 0.476. The first-order valence-corrected chi connectivity index (χ1v) is 5.01. The first-order valence-electron chi connectivity index (χ1n) is 5.01. The molecule has 0 spiro atoms. The Labute approximate surface area is 84.0 Å². The van der Waals surface area contributed by atoms with Crippen molar-refractivity contribution in [2.75, 3.05) is 0 Å². The van der Waals surface area contributed by atoms with Crippen molar-refractivity contribution in [2.24, 2.45) is 0 Å². The van der Waals surface area contributed by atoms with E-state index in [9.17, 15) is 5.11 Å². The van der Waals surface area contributed by atoms with Gasteiger partial charge in [-0.1, -0.05) is 37.6 Å². The monoisotopic (exact) mass is 186 g/mol. The lowest BCUT2D eigenvalue weighted by Gasteiger charge is -2.02. The number of hydrogen-bond acceptors (Lipinski definition) is 1. The zero-order valence-corrected chi connectivity index (χ0v) is 8.33. The van der Waals surface area contributed by atoms with Crippen LogP contribution in [0.25, 0.3) is 10.8 Å². The molecule has 14 heavy (non-hydrogen) atoms. The van der Waals surface area contributed by atoms with Gasteiger partial charge in [-0.3, -0.25) is 0 Å². The van der Waals surface area contributed by atoms with Crippen LogP contribution in [0.5, 0.6) is 5.75 Å². The highest BCUT2D eigenvalue weighted by Gasteiger charge is 1.96. The van der Waals surface area contributed by atoms with Crippen LogP contribution in [0.4, 0.5) is 0 Å². The van der Waals surface area contributed by atoms with Crippen LogP contribution >= 0.6 is 0 Å². The number of rotatable bonds is 2. The minimum absolute atomic E-state index is 0.334. The first kappa shape index (κ1) is 9.07. The van der Waals surface area contributed by atoms with E-state index in [2.05, 4.69) is 25.1 Å². The summed E-state index contributed by atoms with van der Waals surface area (Å²) in [5.41, 5.74) is 1.37. The van der Waals surface area contributed by atoms with E-state index in [0.29, 0.717) is 5.75 Å². The van der Waals surface area contributed by atoms with Crippen LogP contribution in [0, 0.1) is 0 Å². The number of fused-ring (bicyclic) bond motifs is 1. The zero-order chi connectivity index (χ0) is 9.97. The second-order valence-electron chi connectivity index (χ2n) is 3.62. The van der Waals surface area contributed by atoms with Crippen LogP contribution in [-0.4, -0.2) is 5.11 Å². The van der Waals surface area contributed by atoms with Gasteiger partial charge in [0.15, 0.2) is 0 Å². The van der Waals surface area contributed by atoms with Gasteiger partial charge in [0.1, 0.15) is 5.75 Å². The second-order valence-corrected chi connectivity index (χ2v) is 3.62. The fourth-order valence-corrected chi connectivity index (χ4v) is 1.73. The number of phenolic OH excluding ortho intramolecular Hbond substituents is 1. The minimum Gasteiger partial charge on any atom is -0.508 e. The third-order valence-corrected chi connectivity index (χ3v) is 2.43. The minimum atomic E-state index is 0.334. The zero-order valence-electron chi connectivity index (χ0n) is 8.33. The average Bonchev–Trinajstić information content (AvgIpc) is 2.19. The molecule has 1 heteroatoms. The summed E-state index contributed by atoms with van der Waals surface area (Å²) in [6.07, 6.45) is 2.29. The Hall–Kier alpha value is -1.50. The molecule has 0 unspecified atom stereocenters. The van der Waals surface area contributed by atoms with Crippen LogP contribution in [0.3, 0.4) is 0 Å². The fraction of sp³-hybridized carbons (Fsp3) is 0.231. The van der Waals surface area contributed by atoms with Gasteiger partial charge >= 0.3 is 0 Å². The standard InChI is InChI=1S/C13H14O/c1-2-3-10-4-5-12-9-13(14)7-6-11(12)8-10/h4-9,14H,2-3H2,1H3. The highest BCUT2D eigenvalue weighted by Crippen LogP contribution is 2.21. The summed E-state index contributed by atoms with van der Waals surface area (Å²) in [6, 6.07) is 11.9. The Morgan fingerprint density at radius 3 is 2.50 bits per heavy atom. The lowest BCUT2D eigenvalue weighted by Crippen LogP contribution is -1.82. The van der Waals surface area contributed by atoms with Crippen molar-refractivity contribution in [2.45, 2.75) is 19.8 Å². The summed E-state index contributed by atoms with van der Waals surface area (Å²) in [6.45, 7) is 2.18. The van der Waals surface area contributed by atoms with Crippen molar-refractivity contribution in [3.8, 4) is 5.75 Å². The maximum atomic E-state index is 9.30. The van der Waals surface area contributed by atoms with Gasteiger partial charge in [-0.05, 0) is 34.9 Å². The van der Waals surface area contributed by atoms with E-state index < -0.39 is 0 Å². The van der Waals surface area contributed by atoms with Crippen LogP contribution in [-0.2, 0) is 6.42 Å². The molecule has 0 atom stereocenters. The molecule has 0 saturated carbocycles. The van der Waals surface area contributed by atoms with E-state index in [1.165, 1.54) is 17.4 Å². The van der Waals surface area contributed by atoms with Crippen LogP contribution in [0.15, 0.2) is 36.4 Å². The maximum Gasteiger partial charge on any atom is 0.116 e. The van der Waals surface area contributed by atoms with Crippen molar-refractivity contribution in [1.29, 1.82) is 0 Å². The molecule has 2 aromatic rings. The Morgan fingerprint density at radius 2 is 1.71 bits per heavy atom. The number of benzene rings is 2. The van der Waals surface area contributed by atoms with Gasteiger partial charge in [-0.15, -0.1) is 0 Å². The first-order chi connectivity index (χ1) is 6.79. The summed E-state index contributed by atoms with van der Waals surface area (Å²) in [7, 11) is 0. The molecule has 0 radical (unpaired) electrons. The van der Waals surface area contributed by atoms with E-state index in [-0.39, 0.29) is 0 Å². The van der Waals surface area contributed by atoms with Crippen LogP contribution < -0.4 is 0 Å². The van der Waals surface area contributed by atoms with E-state index in [1.807, 2.05) is 6.07 Å². The Morgan fingerprint density at radius 1 is 1.00 bits per heavy atom. The maximum absolute atomic E-state index is 9.30. The Bertz CT molecular complexity index is 446. The van der Waals surface area contributed by atoms with Gasteiger partial charge in [0, 0.05) is 0 Å². The summed E-state index contributed by atoms with van der Waals surface area (Å²) in [5.74, 6) is 0.334. The normalized spacial score (nSPS) is 10.6. The lowest BCUT2D eigenvalue weighted by atomic mass is 10.0. The molecular formula is C13H14O. The van der Waals surface area contributed by atoms with Gasteiger partial charge < -0.3 is 5.11 Å². The van der Waals surface area contributed by atoms with Crippen LogP contribution in [0.1, 0.15) is 18.9 Å². The highest BCUT2D eigenvalue weighted by molar-refractivity contribution is 5.84. The molecule has 2 aromatic carbocycles. The molecule has 1 N–H and O–H groups in total. The highest BCUT2D eigenvalue weighted by atomic mass is 16.3. The SMILES string of the molecule is CCCc1ccc2cc(O)ccc2c1.